The number of carbonyl (C=O) groups is 2. The Bertz CT molecular complexity index is 435. The van der Waals surface area contributed by atoms with Gasteiger partial charge in [-0.1, -0.05) is 12.1 Å². The van der Waals surface area contributed by atoms with Crippen LogP contribution in [0, 0.1) is 5.92 Å². The van der Waals surface area contributed by atoms with Crippen molar-refractivity contribution in [1.82, 2.24) is 0 Å². The molecule has 2 atom stereocenters. The number of hydrogen-bond acceptors (Lipinski definition) is 3. The number of rotatable bonds is 4. The van der Waals surface area contributed by atoms with E-state index in [4.69, 9.17) is 9.84 Å². The van der Waals surface area contributed by atoms with E-state index in [0.717, 1.165) is 5.56 Å². The van der Waals surface area contributed by atoms with E-state index < -0.39 is 5.97 Å². The summed E-state index contributed by atoms with van der Waals surface area (Å²) in [7, 11) is 0. The summed E-state index contributed by atoms with van der Waals surface area (Å²) in [4.78, 5) is 22.1. The molecule has 4 nitrogen and oxygen atoms in total. The molecule has 0 radical (unpaired) electrons. The van der Waals surface area contributed by atoms with Gasteiger partial charge in [0.1, 0.15) is 0 Å². The molecule has 90 valence electrons. The number of aliphatic carboxylic acids is 1. The highest BCUT2D eigenvalue weighted by Gasteiger charge is 2.44. The Labute approximate surface area is 99.2 Å². The zero-order valence-corrected chi connectivity index (χ0v) is 9.55. The second-order valence-electron chi connectivity index (χ2n) is 4.13. The van der Waals surface area contributed by atoms with Crippen LogP contribution in [0.15, 0.2) is 24.3 Å². The molecular formula is C13H14O4. The first-order chi connectivity index (χ1) is 8.13. The van der Waals surface area contributed by atoms with E-state index >= 15 is 0 Å². The van der Waals surface area contributed by atoms with Gasteiger partial charge in [-0.2, -0.15) is 0 Å². The lowest BCUT2D eigenvalue weighted by Gasteiger charge is -2.03. The molecule has 0 spiro atoms. The molecule has 1 aliphatic carbocycles. The van der Waals surface area contributed by atoms with Gasteiger partial charge in [0.2, 0.25) is 0 Å². The number of carboxylic acids is 1. The number of carbonyl (C=O) groups excluding carboxylic acids is 1. The fourth-order valence-corrected chi connectivity index (χ4v) is 1.92. The topological polar surface area (TPSA) is 63.6 Å². The number of benzene rings is 1. The zero-order valence-electron chi connectivity index (χ0n) is 9.55. The monoisotopic (exact) mass is 234 g/mol. The first-order valence-corrected chi connectivity index (χ1v) is 5.63. The molecule has 0 aliphatic heterocycles. The molecule has 1 N–H and O–H groups in total. The van der Waals surface area contributed by atoms with Gasteiger partial charge < -0.3 is 9.84 Å². The van der Waals surface area contributed by atoms with E-state index in [-0.39, 0.29) is 17.8 Å². The van der Waals surface area contributed by atoms with Crippen molar-refractivity contribution in [2.45, 2.75) is 19.3 Å². The molecule has 0 aromatic heterocycles. The molecule has 1 saturated carbocycles. The Morgan fingerprint density at radius 1 is 1.35 bits per heavy atom. The quantitative estimate of drug-likeness (QED) is 0.810. The first kappa shape index (κ1) is 11.6. The van der Waals surface area contributed by atoms with Crippen molar-refractivity contribution >= 4 is 11.9 Å². The van der Waals surface area contributed by atoms with E-state index in [2.05, 4.69) is 0 Å². The normalized spacial score (nSPS) is 21.9. The van der Waals surface area contributed by atoms with Gasteiger partial charge in [0.05, 0.1) is 18.1 Å². The van der Waals surface area contributed by atoms with Gasteiger partial charge >= 0.3 is 11.9 Å². The lowest BCUT2D eigenvalue weighted by Crippen LogP contribution is -2.04. The summed E-state index contributed by atoms with van der Waals surface area (Å²) in [6.45, 7) is 2.11. The highest BCUT2D eigenvalue weighted by atomic mass is 16.5. The number of ether oxygens (including phenoxy) is 1. The third-order valence-electron chi connectivity index (χ3n) is 2.96. The lowest BCUT2D eigenvalue weighted by molar-refractivity contribution is -0.138. The van der Waals surface area contributed by atoms with E-state index in [1.165, 1.54) is 0 Å². The van der Waals surface area contributed by atoms with Crippen molar-refractivity contribution in [3.05, 3.63) is 35.4 Å². The molecule has 1 aliphatic rings. The van der Waals surface area contributed by atoms with Gasteiger partial charge in [-0.15, -0.1) is 0 Å². The van der Waals surface area contributed by atoms with Crippen molar-refractivity contribution < 1.29 is 19.4 Å². The summed E-state index contributed by atoms with van der Waals surface area (Å²) in [6.07, 6.45) is 0.689. The Morgan fingerprint density at radius 3 is 2.47 bits per heavy atom. The van der Waals surface area contributed by atoms with Gasteiger partial charge in [0.15, 0.2) is 0 Å². The van der Waals surface area contributed by atoms with Gasteiger partial charge in [0, 0.05) is 0 Å². The van der Waals surface area contributed by atoms with Crippen molar-refractivity contribution in [3.63, 3.8) is 0 Å². The predicted molar refractivity (Wildman–Crippen MR) is 60.9 cm³/mol. The van der Waals surface area contributed by atoms with Crippen LogP contribution in [-0.2, 0) is 9.53 Å². The van der Waals surface area contributed by atoms with Crippen LogP contribution in [0.4, 0.5) is 0 Å². The fraction of sp³-hybridized carbons (Fsp3) is 0.385. The molecule has 0 amide bonds. The molecular weight excluding hydrogens is 220 g/mol. The van der Waals surface area contributed by atoms with Crippen LogP contribution in [-0.4, -0.2) is 23.7 Å². The van der Waals surface area contributed by atoms with Crippen LogP contribution in [0.25, 0.3) is 0 Å². The number of carboxylic acid groups (broad SMARTS) is 1. The van der Waals surface area contributed by atoms with Crippen LogP contribution < -0.4 is 0 Å². The maximum absolute atomic E-state index is 11.4. The minimum atomic E-state index is -0.746. The maximum atomic E-state index is 11.4. The highest BCUT2D eigenvalue weighted by molar-refractivity contribution is 5.89. The summed E-state index contributed by atoms with van der Waals surface area (Å²) in [5.41, 5.74) is 1.48. The summed E-state index contributed by atoms with van der Waals surface area (Å²) >= 11 is 0. The molecule has 17 heavy (non-hydrogen) atoms. The van der Waals surface area contributed by atoms with Gasteiger partial charge in [-0.25, -0.2) is 4.79 Å². The third kappa shape index (κ3) is 2.46. The van der Waals surface area contributed by atoms with Crippen LogP contribution in [0.1, 0.15) is 35.2 Å². The summed E-state index contributed by atoms with van der Waals surface area (Å²) < 4.78 is 4.87. The van der Waals surface area contributed by atoms with E-state index in [1.54, 1.807) is 31.2 Å². The largest absolute Gasteiger partial charge is 0.481 e. The van der Waals surface area contributed by atoms with Crippen LogP contribution in [0.2, 0.25) is 0 Å². The van der Waals surface area contributed by atoms with Crippen LogP contribution in [0.5, 0.6) is 0 Å². The molecule has 2 unspecified atom stereocenters. The molecule has 0 heterocycles. The first-order valence-electron chi connectivity index (χ1n) is 5.63. The predicted octanol–water partition coefficient (Wildman–Crippen LogP) is 2.05. The molecule has 1 fully saturated rings. The molecule has 0 bridgehead atoms. The molecule has 2 rings (SSSR count). The minimum absolute atomic E-state index is 0.101. The van der Waals surface area contributed by atoms with E-state index in [9.17, 15) is 9.59 Å². The second-order valence-corrected chi connectivity index (χ2v) is 4.13. The third-order valence-corrected chi connectivity index (χ3v) is 2.96. The smallest absolute Gasteiger partial charge is 0.338 e. The van der Waals surface area contributed by atoms with Gasteiger partial charge in [-0.3, -0.25) is 4.79 Å². The highest BCUT2D eigenvalue weighted by Crippen LogP contribution is 2.47. The molecule has 1 aromatic rings. The Balaban J connectivity index is 2.04. The zero-order chi connectivity index (χ0) is 12.4. The summed E-state index contributed by atoms with van der Waals surface area (Å²) in [5.74, 6) is -1.25. The maximum Gasteiger partial charge on any atom is 0.338 e. The molecule has 1 aromatic carbocycles. The van der Waals surface area contributed by atoms with Crippen LogP contribution >= 0.6 is 0 Å². The minimum Gasteiger partial charge on any atom is -0.481 e. The number of esters is 1. The average molecular weight is 234 g/mol. The summed E-state index contributed by atoms with van der Waals surface area (Å²) in [6, 6.07) is 6.98. The van der Waals surface area contributed by atoms with Crippen molar-refractivity contribution in [2.24, 2.45) is 5.92 Å². The van der Waals surface area contributed by atoms with Gasteiger partial charge in [-0.05, 0) is 37.0 Å². The Morgan fingerprint density at radius 2 is 2.00 bits per heavy atom. The molecule has 4 heteroatoms. The SMILES string of the molecule is CCOC(=O)c1ccc(C2CC2C(=O)O)cc1. The fourth-order valence-electron chi connectivity index (χ4n) is 1.92. The number of hydrogen-bond donors (Lipinski definition) is 1. The van der Waals surface area contributed by atoms with Gasteiger partial charge in [0.25, 0.3) is 0 Å². The Hall–Kier alpha value is -1.84. The average Bonchev–Trinajstić information content (AvgIpc) is 3.09. The van der Waals surface area contributed by atoms with Crippen LogP contribution in [0.3, 0.4) is 0 Å². The van der Waals surface area contributed by atoms with Crippen molar-refractivity contribution in [2.75, 3.05) is 6.61 Å². The summed E-state index contributed by atoms with van der Waals surface area (Å²) in [5, 5.41) is 8.82. The van der Waals surface area contributed by atoms with E-state index in [1.807, 2.05) is 0 Å². The van der Waals surface area contributed by atoms with Crippen molar-refractivity contribution in [3.8, 4) is 0 Å². The Kier molecular flexibility index (Phi) is 3.13. The van der Waals surface area contributed by atoms with E-state index in [0.29, 0.717) is 18.6 Å². The standard InChI is InChI=1S/C13H14O4/c1-2-17-13(16)9-5-3-8(4-6-9)10-7-11(10)12(14)15/h3-6,10-11H,2,7H2,1H3,(H,14,15). The van der Waals surface area contributed by atoms with Crippen molar-refractivity contribution in [1.29, 1.82) is 0 Å². The lowest BCUT2D eigenvalue weighted by atomic mass is 10.1. The molecule has 0 saturated heterocycles. The second kappa shape index (κ2) is 4.57.